The van der Waals surface area contributed by atoms with E-state index in [0.29, 0.717) is 23.0 Å². The van der Waals surface area contributed by atoms with Crippen molar-refractivity contribution in [1.82, 2.24) is 4.90 Å². The van der Waals surface area contributed by atoms with Crippen LogP contribution in [0.1, 0.15) is 23.5 Å². The van der Waals surface area contributed by atoms with Gasteiger partial charge in [0.2, 0.25) is 0 Å². The van der Waals surface area contributed by atoms with Gasteiger partial charge in [0.05, 0.1) is 17.2 Å². The molecule has 0 unspecified atom stereocenters. The maximum absolute atomic E-state index is 12.3. The van der Waals surface area contributed by atoms with Gasteiger partial charge in [-0.15, -0.1) is 11.3 Å². The third-order valence-electron chi connectivity index (χ3n) is 3.82. The number of carbonyl (C=O) groups is 2. The maximum atomic E-state index is 12.3. The van der Waals surface area contributed by atoms with Crippen LogP contribution in [0, 0.1) is 0 Å². The lowest BCUT2D eigenvalue weighted by atomic mass is 10.2. The van der Waals surface area contributed by atoms with Crippen molar-refractivity contribution in [2.45, 2.75) is 26.1 Å². The number of halogens is 1. The highest BCUT2D eigenvalue weighted by molar-refractivity contribution is 7.21. The van der Waals surface area contributed by atoms with E-state index in [0.717, 1.165) is 10.1 Å². The smallest absolute Gasteiger partial charge is 0.350 e. The summed E-state index contributed by atoms with van der Waals surface area (Å²) >= 11 is 7.52. The van der Waals surface area contributed by atoms with Crippen LogP contribution in [0.3, 0.4) is 0 Å². The molecule has 3 rings (SSSR count). The molecule has 0 aliphatic carbocycles. The molecule has 24 heavy (non-hydrogen) atoms. The van der Waals surface area contributed by atoms with Gasteiger partial charge in [0.1, 0.15) is 4.88 Å². The standard InChI is InChI=1S/C17H18ClNO4S/c1-10-7-19(8-11(2)23-10)14(20)9-22-17(21)16-15(18)12-5-3-4-6-13(12)24-16/h3-6,10-11H,7-9H2,1-2H3/t10-,11+. The van der Waals surface area contributed by atoms with Crippen LogP contribution in [-0.2, 0) is 14.3 Å². The Labute approximate surface area is 149 Å². The normalized spacial score (nSPS) is 21.0. The first-order chi connectivity index (χ1) is 11.5. The highest BCUT2D eigenvalue weighted by Gasteiger charge is 2.27. The summed E-state index contributed by atoms with van der Waals surface area (Å²) in [5.41, 5.74) is 0. The minimum Gasteiger partial charge on any atom is -0.451 e. The molecule has 1 aromatic heterocycles. The summed E-state index contributed by atoms with van der Waals surface area (Å²) in [5, 5.41) is 1.19. The Hall–Kier alpha value is -1.63. The Balaban J connectivity index is 1.64. The van der Waals surface area contributed by atoms with E-state index in [2.05, 4.69) is 0 Å². The molecule has 1 saturated heterocycles. The fourth-order valence-electron chi connectivity index (χ4n) is 2.81. The Morgan fingerprint density at radius 3 is 2.62 bits per heavy atom. The number of ether oxygens (including phenoxy) is 2. The number of hydrogen-bond donors (Lipinski definition) is 0. The van der Waals surface area contributed by atoms with Crippen molar-refractivity contribution < 1.29 is 19.1 Å². The molecule has 2 heterocycles. The molecule has 0 radical (unpaired) electrons. The third-order valence-corrected chi connectivity index (χ3v) is 5.47. The van der Waals surface area contributed by atoms with Crippen LogP contribution in [0.25, 0.3) is 10.1 Å². The largest absolute Gasteiger partial charge is 0.451 e. The van der Waals surface area contributed by atoms with Gasteiger partial charge >= 0.3 is 5.97 Å². The Kier molecular flexibility index (Phi) is 5.08. The molecule has 0 saturated carbocycles. The van der Waals surface area contributed by atoms with Gasteiger partial charge in [0.25, 0.3) is 5.91 Å². The van der Waals surface area contributed by atoms with Crippen LogP contribution in [-0.4, -0.2) is 48.7 Å². The van der Waals surface area contributed by atoms with E-state index in [1.165, 1.54) is 11.3 Å². The number of benzene rings is 1. The van der Waals surface area contributed by atoms with E-state index in [1.54, 1.807) is 4.90 Å². The lowest BCUT2D eigenvalue weighted by Gasteiger charge is -2.35. The SMILES string of the molecule is C[C@@H]1CN(C(=O)COC(=O)c2sc3ccccc3c2Cl)C[C@H](C)O1. The topological polar surface area (TPSA) is 55.8 Å². The van der Waals surface area contributed by atoms with Crippen molar-refractivity contribution in [3.05, 3.63) is 34.2 Å². The number of morpholine rings is 1. The molecule has 1 fully saturated rings. The zero-order valence-corrected chi connectivity index (χ0v) is 15.0. The van der Waals surface area contributed by atoms with Gasteiger partial charge in [0.15, 0.2) is 6.61 Å². The van der Waals surface area contributed by atoms with Crippen molar-refractivity contribution in [3.8, 4) is 0 Å². The van der Waals surface area contributed by atoms with Crippen LogP contribution >= 0.6 is 22.9 Å². The minimum atomic E-state index is -0.566. The molecule has 1 aromatic carbocycles. The molecular weight excluding hydrogens is 350 g/mol. The fraction of sp³-hybridized carbons (Fsp3) is 0.412. The van der Waals surface area contributed by atoms with Crippen molar-refractivity contribution in [3.63, 3.8) is 0 Å². The maximum Gasteiger partial charge on any atom is 0.350 e. The number of rotatable bonds is 3. The van der Waals surface area contributed by atoms with Gasteiger partial charge in [-0.2, -0.15) is 0 Å². The zero-order valence-electron chi connectivity index (χ0n) is 13.5. The summed E-state index contributed by atoms with van der Waals surface area (Å²) in [6.07, 6.45) is -0.0455. The first-order valence-corrected chi connectivity index (χ1v) is 8.92. The van der Waals surface area contributed by atoms with Crippen LogP contribution in [0.15, 0.2) is 24.3 Å². The van der Waals surface area contributed by atoms with Crippen LogP contribution in [0.4, 0.5) is 0 Å². The Bertz CT molecular complexity index is 765. The third kappa shape index (κ3) is 3.55. The van der Waals surface area contributed by atoms with E-state index in [4.69, 9.17) is 21.1 Å². The fourth-order valence-corrected chi connectivity index (χ4v) is 4.21. The lowest BCUT2D eigenvalue weighted by molar-refractivity contribution is -0.146. The van der Waals surface area contributed by atoms with E-state index >= 15 is 0 Å². The van der Waals surface area contributed by atoms with Crippen molar-refractivity contribution in [1.29, 1.82) is 0 Å². The number of carbonyl (C=O) groups excluding carboxylic acids is 2. The predicted octanol–water partition coefficient (Wildman–Crippen LogP) is 3.35. The summed E-state index contributed by atoms with van der Waals surface area (Å²) in [5.74, 6) is -0.786. The number of thiophene rings is 1. The summed E-state index contributed by atoms with van der Waals surface area (Å²) in [7, 11) is 0. The van der Waals surface area contributed by atoms with Gasteiger partial charge in [0, 0.05) is 23.2 Å². The second-order valence-electron chi connectivity index (χ2n) is 5.87. The Morgan fingerprint density at radius 2 is 1.96 bits per heavy atom. The van der Waals surface area contributed by atoms with Gasteiger partial charge in [-0.05, 0) is 19.9 Å². The van der Waals surface area contributed by atoms with Gasteiger partial charge in [-0.3, -0.25) is 4.79 Å². The Morgan fingerprint density at radius 1 is 1.29 bits per heavy atom. The molecule has 7 heteroatoms. The molecule has 0 spiro atoms. The molecule has 1 amide bonds. The average Bonchev–Trinajstić information content (AvgIpc) is 2.89. The molecule has 1 aliphatic rings. The molecule has 0 bridgehead atoms. The molecule has 2 atom stereocenters. The summed E-state index contributed by atoms with van der Waals surface area (Å²) in [6, 6.07) is 7.49. The van der Waals surface area contributed by atoms with Gasteiger partial charge < -0.3 is 14.4 Å². The first-order valence-electron chi connectivity index (χ1n) is 7.73. The number of amides is 1. The molecule has 5 nitrogen and oxygen atoms in total. The second-order valence-corrected chi connectivity index (χ2v) is 7.30. The minimum absolute atomic E-state index is 0.0227. The average molecular weight is 368 g/mol. The molecule has 2 aromatic rings. The number of fused-ring (bicyclic) bond motifs is 1. The van der Waals surface area contributed by atoms with Crippen molar-refractivity contribution >= 4 is 44.9 Å². The predicted molar refractivity (Wildman–Crippen MR) is 93.7 cm³/mol. The monoisotopic (exact) mass is 367 g/mol. The molecule has 1 aliphatic heterocycles. The summed E-state index contributed by atoms with van der Waals surface area (Å²) in [6.45, 7) is 4.55. The van der Waals surface area contributed by atoms with Crippen LogP contribution in [0.5, 0.6) is 0 Å². The second kappa shape index (κ2) is 7.09. The zero-order chi connectivity index (χ0) is 17.3. The van der Waals surface area contributed by atoms with E-state index in [9.17, 15) is 9.59 Å². The molecule has 128 valence electrons. The van der Waals surface area contributed by atoms with E-state index in [-0.39, 0.29) is 24.7 Å². The quantitative estimate of drug-likeness (QED) is 0.781. The highest BCUT2D eigenvalue weighted by Crippen LogP contribution is 2.35. The highest BCUT2D eigenvalue weighted by atomic mass is 35.5. The molecule has 0 N–H and O–H groups in total. The number of esters is 1. The van der Waals surface area contributed by atoms with Crippen LogP contribution < -0.4 is 0 Å². The summed E-state index contributed by atoms with van der Waals surface area (Å²) in [4.78, 5) is 26.5. The number of nitrogens with zero attached hydrogens (tertiary/aromatic N) is 1. The number of hydrogen-bond acceptors (Lipinski definition) is 5. The van der Waals surface area contributed by atoms with Gasteiger partial charge in [-0.1, -0.05) is 29.8 Å². The van der Waals surface area contributed by atoms with Crippen molar-refractivity contribution in [2.24, 2.45) is 0 Å². The van der Waals surface area contributed by atoms with Crippen molar-refractivity contribution in [2.75, 3.05) is 19.7 Å². The molecular formula is C17H18ClNO4S. The van der Waals surface area contributed by atoms with Gasteiger partial charge in [-0.25, -0.2) is 4.79 Å². The van der Waals surface area contributed by atoms with E-state index in [1.807, 2.05) is 38.1 Å². The summed E-state index contributed by atoms with van der Waals surface area (Å²) < 4.78 is 11.7. The van der Waals surface area contributed by atoms with Crippen LogP contribution in [0.2, 0.25) is 5.02 Å². The van der Waals surface area contributed by atoms with E-state index < -0.39 is 5.97 Å². The lowest BCUT2D eigenvalue weighted by Crippen LogP contribution is -2.49. The first kappa shape index (κ1) is 17.2.